The second-order valence-electron chi connectivity index (χ2n) is 6.18. The highest BCUT2D eigenvalue weighted by molar-refractivity contribution is 5.33. The summed E-state index contributed by atoms with van der Waals surface area (Å²) in [4.78, 5) is 8.32. The summed E-state index contributed by atoms with van der Waals surface area (Å²) in [6.45, 7) is 1.81. The van der Waals surface area contributed by atoms with E-state index in [4.69, 9.17) is 5.26 Å². The van der Waals surface area contributed by atoms with Gasteiger partial charge in [0.1, 0.15) is 23.4 Å². The van der Waals surface area contributed by atoms with Crippen LogP contribution in [0.3, 0.4) is 0 Å². The minimum atomic E-state index is -4.43. The van der Waals surface area contributed by atoms with Crippen LogP contribution in [0.25, 0.3) is 0 Å². The number of imidazole rings is 1. The molecule has 2 heterocycles. The Labute approximate surface area is 142 Å². The van der Waals surface area contributed by atoms with Crippen molar-refractivity contribution < 1.29 is 17.6 Å². The molecule has 25 heavy (non-hydrogen) atoms. The van der Waals surface area contributed by atoms with Crippen molar-refractivity contribution in [2.75, 3.05) is 13.1 Å². The molecule has 1 atom stereocenters. The Balaban J connectivity index is 1.68. The summed E-state index contributed by atoms with van der Waals surface area (Å²) < 4.78 is 51.8. The number of alkyl halides is 3. The van der Waals surface area contributed by atoms with Crippen LogP contribution >= 0.6 is 0 Å². The van der Waals surface area contributed by atoms with E-state index in [1.54, 1.807) is 12.1 Å². The Bertz CT molecular complexity index is 791. The highest BCUT2D eigenvalue weighted by atomic mass is 19.4. The van der Waals surface area contributed by atoms with Crippen LogP contribution in [0, 0.1) is 17.1 Å². The minimum absolute atomic E-state index is 0.00413. The summed E-state index contributed by atoms with van der Waals surface area (Å²) in [7, 11) is 0. The van der Waals surface area contributed by atoms with E-state index in [0.717, 1.165) is 31.1 Å². The number of aromatic nitrogens is 2. The van der Waals surface area contributed by atoms with Crippen LogP contribution in [0.2, 0.25) is 0 Å². The third kappa shape index (κ3) is 3.99. The molecule has 1 saturated heterocycles. The number of halogens is 4. The summed E-state index contributed by atoms with van der Waals surface area (Å²) in [6, 6.07) is 6.24. The van der Waals surface area contributed by atoms with E-state index in [1.807, 2.05) is 0 Å². The van der Waals surface area contributed by atoms with Crippen LogP contribution in [0.4, 0.5) is 17.6 Å². The lowest BCUT2D eigenvalue weighted by Gasteiger charge is -2.31. The Hall–Kier alpha value is -2.40. The maximum Gasteiger partial charge on any atom is 0.432 e. The minimum Gasteiger partial charge on any atom is -0.338 e. The fraction of sp³-hybridized carbons (Fsp3) is 0.412. The second-order valence-corrected chi connectivity index (χ2v) is 6.18. The van der Waals surface area contributed by atoms with Crippen molar-refractivity contribution in [2.45, 2.75) is 31.5 Å². The summed E-state index contributed by atoms with van der Waals surface area (Å²) >= 11 is 0. The normalized spacial score (nSPS) is 18.9. The Kier molecular flexibility index (Phi) is 4.77. The number of hydrogen-bond acceptors (Lipinski definition) is 3. The van der Waals surface area contributed by atoms with Crippen LogP contribution in [-0.4, -0.2) is 28.0 Å². The van der Waals surface area contributed by atoms with E-state index in [1.165, 1.54) is 12.1 Å². The Morgan fingerprint density at radius 1 is 1.36 bits per heavy atom. The van der Waals surface area contributed by atoms with Crippen molar-refractivity contribution in [1.82, 2.24) is 14.9 Å². The number of nitrogens with one attached hydrogen (secondary N) is 1. The maximum absolute atomic E-state index is 13.7. The molecule has 0 amide bonds. The zero-order chi connectivity index (χ0) is 18.0. The fourth-order valence-corrected chi connectivity index (χ4v) is 3.12. The highest BCUT2D eigenvalue weighted by Crippen LogP contribution is 2.31. The van der Waals surface area contributed by atoms with Gasteiger partial charge in [-0.15, -0.1) is 0 Å². The number of aromatic amines is 1. The Morgan fingerprint density at radius 3 is 2.80 bits per heavy atom. The van der Waals surface area contributed by atoms with Crippen molar-refractivity contribution in [1.29, 1.82) is 5.26 Å². The van der Waals surface area contributed by atoms with Gasteiger partial charge in [-0.3, -0.25) is 4.90 Å². The van der Waals surface area contributed by atoms with Gasteiger partial charge < -0.3 is 4.98 Å². The first-order chi connectivity index (χ1) is 11.9. The fourth-order valence-electron chi connectivity index (χ4n) is 3.12. The molecule has 1 aromatic heterocycles. The smallest absolute Gasteiger partial charge is 0.338 e. The molecule has 4 nitrogen and oxygen atoms in total. The number of hydrogen-bond donors (Lipinski definition) is 1. The van der Waals surface area contributed by atoms with Crippen molar-refractivity contribution in [2.24, 2.45) is 0 Å². The van der Waals surface area contributed by atoms with E-state index in [9.17, 15) is 17.6 Å². The van der Waals surface area contributed by atoms with Crippen molar-refractivity contribution in [3.63, 3.8) is 0 Å². The van der Waals surface area contributed by atoms with Crippen LogP contribution < -0.4 is 0 Å². The van der Waals surface area contributed by atoms with Crippen LogP contribution in [-0.2, 0) is 12.7 Å². The quantitative estimate of drug-likeness (QED) is 0.855. The second kappa shape index (κ2) is 6.84. The molecule has 0 saturated carbocycles. The lowest BCUT2D eigenvalue weighted by Crippen LogP contribution is -2.34. The van der Waals surface area contributed by atoms with Crippen molar-refractivity contribution in [3.8, 4) is 6.07 Å². The van der Waals surface area contributed by atoms with Gasteiger partial charge in [0, 0.05) is 19.0 Å². The van der Waals surface area contributed by atoms with Gasteiger partial charge in [0.15, 0.2) is 0 Å². The molecule has 0 radical (unpaired) electrons. The summed E-state index contributed by atoms with van der Waals surface area (Å²) in [5.41, 5.74) is -0.114. The van der Waals surface area contributed by atoms with Gasteiger partial charge in [-0.25, -0.2) is 9.37 Å². The zero-order valence-electron chi connectivity index (χ0n) is 13.3. The summed E-state index contributed by atoms with van der Waals surface area (Å²) in [6.07, 6.45) is -2.03. The zero-order valence-corrected chi connectivity index (χ0v) is 13.3. The molecule has 1 aliphatic heterocycles. The molecular formula is C17H16F4N4. The van der Waals surface area contributed by atoms with Gasteiger partial charge in [-0.1, -0.05) is 6.07 Å². The molecule has 0 bridgehead atoms. The SMILES string of the molecule is N#Cc1ccc(CN2CCCC(c3ncc(C(F)(F)F)[nH]3)C2)cc1F. The van der Waals surface area contributed by atoms with Gasteiger partial charge in [0.2, 0.25) is 0 Å². The van der Waals surface area contributed by atoms with Gasteiger partial charge in [0.25, 0.3) is 0 Å². The molecule has 1 N–H and O–H groups in total. The number of piperidine rings is 1. The number of nitrogens with zero attached hydrogens (tertiary/aromatic N) is 3. The lowest BCUT2D eigenvalue weighted by molar-refractivity contribution is -0.141. The number of nitriles is 1. The molecule has 1 unspecified atom stereocenters. The van der Waals surface area contributed by atoms with Gasteiger partial charge in [0.05, 0.1) is 11.8 Å². The molecule has 1 aromatic carbocycles. The molecule has 3 rings (SSSR count). The van der Waals surface area contributed by atoms with E-state index >= 15 is 0 Å². The molecule has 0 aliphatic carbocycles. The average Bonchev–Trinajstić information content (AvgIpc) is 3.06. The lowest BCUT2D eigenvalue weighted by atomic mass is 9.97. The topological polar surface area (TPSA) is 55.7 Å². The first-order valence-corrected chi connectivity index (χ1v) is 7.90. The molecule has 132 valence electrons. The van der Waals surface area contributed by atoms with Crippen LogP contribution in [0.5, 0.6) is 0 Å². The number of H-pyrrole nitrogens is 1. The third-order valence-corrected chi connectivity index (χ3v) is 4.35. The summed E-state index contributed by atoms with van der Waals surface area (Å²) in [5.74, 6) is -0.342. The number of rotatable bonds is 3. The van der Waals surface area contributed by atoms with Crippen molar-refractivity contribution >= 4 is 0 Å². The standard InChI is InChI=1S/C17H16F4N4/c18-14-6-11(3-4-12(14)7-22)9-25-5-1-2-13(10-25)16-23-8-15(24-16)17(19,20)21/h3-4,6,8,13H,1-2,5,9-10H2,(H,23,24). The van der Waals surface area contributed by atoms with Crippen LogP contribution in [0.1, 0.15) is 41.4 Å². The molecule has 0 spiro atoms. The first-order valence-electron chi connectivity index (χ1n) is 7.90. The first kappa shape index (κ1) is 17.4. The van der Waals surface area contributed by atoms with E-state index < -0.39 is 17.7 Å². The van der Waals surface area contributed by atoms with Gasteiger partial charge in [-0.05, 0) is 37.1 Å². The molecular weight excluding hydrogens is 336 g/mol. The monoisotopic (exact) mass is 352 g/mol. The summed E-state index contributed by atoms with van der Waals surface area (Å²) in [5, 5.41) is 8.76. The third-order valence-electron chi connectivity index (χ3n) is 4.35. The van der Waals surface area contributed by atoms with E-state index in [-0.39, 0.29) is 11.5 Å². The Morgan fingerprint density at radius 2 is 2.16 bits per heavy atom. The van der Waals surface area contributed by atoms with Crippen molar-refractivity contribution in [3.05, 3.63) is 52.9 Å². The largest absolute Gasteiger partial charge is 0.432 e. The van der Waals surface area contributed by atoms with Gasteiger partial charge >= 0.3 is 6.18 Å². The number of benzene rings is 1. The molecule has 1 aliphatic rings. The highest BCUT2D eigenvalue weighted by Gasteiger charge is 2.34. The average molecular weight is 352 g/mol. The van der Waals surface area contributed by atoms with E-state index in [2.05, 4.69) is 14.9 Å². The van der Waals surface area contributed by atoms with Gasteiger partial charge in [-0.2, -0.15) is 18.4 Å². The molecule has 2 aromatic rings. The molecule has 8 heteroatoms. The predicted molar refractivity (Wildman–Crippen MR) is 82.0 cm³/mol. The number of likely N-dealkylation sites (tertiary alicyclic amines) is 1. The molecule has 1 fully saturated rings. The maximum atomic E-state index is 13.7. The predicted octanol–water partition coefficient (Wildman–Crippen LogP) is 3.82. The van der Waals surface area contributed by atoms with E-state index in [0.29, 0.717) is 18.9 Å². The van der Waals surface area contributed by atoms with Crippen LogP contribution in [0.15, 0.2) is 24.4 Å².